The van der Waals surface area contributed by atoms with Crippen LogP contribution in [0.5, 0.6) is 0 Å². The van der Waals surface area contributed by atoms with Crippen LogP contribution in [0.25, 0.3) is 0 Å². The van der Waals surface area contributed by atoms with Gasteiger partial charge in [0.1, 0.15) is 0 Å². The minimum atomic E-state index is 0.0806. The van der Waals surface area contributed by atoms with E-state index in [1.807, 2.05) is 6.07 Å². The molecule has 1 unspecified atom stereocenters. The van der Waals surface area contributed by atoms with Crippen LogP contribution in [0, 0.1) is 11.3 Å². The molecule has 0 saturated carbocycles. The van der Waals surface area contributed by atoms with Gasteiger partial charge in [-0.3, -0.25) is 9.69 Å². The molecule has 96 valence electrons. The molecule has 1 rings (SSSR count). The number of likely N-dealkylation sites (tertiary alicyclic amines) is 1. The van der Waals surface area contributed by atoms with Gasteiger partial charge < -0.3 is 9.64 Å². The fourth-order valence-electron chi connectivity index (χ4n) is 2.00. The number of ether oxygens (including phenoxy) is 1. The van der Waals surface area contributed by atoms with Crippen LogP contribution in [0.3, 0.4) is 0 Å². The number of nitriles is 1. The van der Waals surface area contributed by atoms with E-state index in [-0.39, 0.29) is 12.0 Å². The van der Waals surface area contributed by atoms with Gasteiger partial charge in [-0.05, 0) is 19.4 Å². The third-order valence-corrected chi connectivity index (χ3v) is 3.14. The highest BCUT2D eigenvalue weighted by molar-refractivity contribution is 5.78. The van der Waals surface area contributed by atoms with Gasteiger partial charge in [0.05, 0.1) is 25.1 Å². The summed E-state index contributed by atoms with van der Waals surface area (Å²) >= 11 is 0. The third-order valence-electron chi connectivity index (χ3n) is 3.14. The van der Waals surface area contributed by atoms with Crippen LogP contribution in [-0.2, 0) is 9.53 Å². The summed E-state index contributed by atoms with van der Waals surface area (Å²) in [4.78, 5) is 15.6. The van der Waals surface area contributed by atoms with E-state index < -0.39 is 0 Å². The SMILES string of the molecule is COC1CCCN(CC(=O)N(C)CCC#N)C1. The monoisotopic (exact) mass is 239 g/mol. The maximum Gasteiger partial charge on any atom is 0.236 e. The topological polar surface area (TPSA) is 56.6 Å². The minimum Gasteiger partial charge on any atom is -0.380 e. The Bertz CT molecular complexity index is 288. The van der Waals surface area contributed by atoms with Gasteiger partial charge in [-0.1, -0.05) is 0 Å². The van der Waals surface area contributed by atoms with Crippen molar-refractivity contribution >= 4 is 5.91 Å². The fraction of sp³-hybridized carbons (Fsp3) is 0.833. The molecule has 0 aliphatic carbocycles. The standard InChI is InChI=1S/C12H21N3O2/c1-14(7-4-6-13)12(16)10-15-8-3-5-11(9-15)17-2/h11H,3-5,7-10H2,1-2H3. The molecule has 0 aromatic carbocycles. The first kappa shape index (κ1) is 13.9. The zero-order valence-corrected chi connectivity index (χ0v) is 10.7. The number of nitrogens with zero attached hydrogens (tertiary/aromatic N) is 3. The Morgan fingerprint density at radius 3 is 3.06 bits per heavy atom. The summed E-state index contributed by atoms with van der Waals surface area (Å²) in [6, 6.07) is 2.05. The van der Waals surface area contributed by atoms with E-state index in [1.54, 1.807) is 19.1 Å². The van der Waals surface area contributed by atoms with Gasteiger partial charge in [-0.15, -0.1) is 0 Å². The Morgan fingerprint density at radius 2 is 2.41 bits per heavy atom. The van der Waals surface area contributed by atoms with Gasteiger partial charge >= 0.3 is 0 Å². The predicted molar refractivity (Wildman–Crippen MR) is 64.3 cm³/mol. The largest absolute Gasteiger partial charge is 0.380 e. The molecule has 0 N–H and O–H groups in total. The van der Waals surface area contributed by atoms with Crippen LogP contribution < -0.4 is 0 Å². The van der Waals surface area contributed by atoms with E-state index in [0.717, 1.165) is 25.9 Å². The zero-order valence-electron chi connectivity index (χ0n) is 10.7. The molecule has 0 aromatic rings. The molecule has 1 aliphatic rings. The molecule has 5 heteroatoms. The lowest BCUT2D eigenvalue weighted by Gasteiger charge is -2.32. The number of carbonyl (C=O) groups is 1. The summed E-state index contributed by atoms with van der Waals surface area (Å²) in [6.07, 6.45) is 2.79. The van der Waals surface area contributed by atoms with E-state index in [9.17, 15) is 4.79 Å². The second-order valence-electron chi connectivity index (χ2n) is 4.46. The normalized spacial score (nSPS) is 20.9. The van der Waals surface area contributed by atoms with Crippen molar-refractivity contribution in [2.24, 2.45) is 0 Å². The summed E-state index contributed by atoms with van der Waals surface area (Å²) < 4.78 is 5.32. The molecule has 1 aliphatic heterocycles. The molecule has 1 atom stereocenters. The van der Waals surface area contributed by atoms with E-state index in [1.165, 1.54) is 0 Å². The smallest absolute Gasteiger partial charge is 0.236 e. The Morgan fingerprint density at radius 1 is 1.65 bits per heavy atom. The van der Waals surface area contributed by atoms with Crippen LogP contribution in [0.4, 0.5) is 0 Å². The molecule has 5 nitrogen and oxygen atoms in total. The third kappa shape index (κ3) is 4.72. The first-order valence-electron chi connectivity index (χ1n) is 6.03. The molecule has 17 heavy (non-hydrogen) atoms. The lowest BCUT2D eigenvalue weighted by atomic mass is 10.1. The number of amides is 1. The summed E-state index contributed by atoms with van der Waals surface area (Å²) in [5.74, 6) is 0.0806. The van der Waals surface area contributed by atoms with Crippen molar-refractivity contribution in [1.29, 1.82) is 5.26 Å². The number of hydrogen-bond acceptors (Lipinski definition) is 4. The molecule has 0 bridgehead atoms. The van der Waals surface area contributed by atoms with Gasteiger partial charge in [0, 0.05) is 27.2 Å². The van der Waals surface area contributed by atoms with Crippen LogP contribution in [0.1, 0.15) is 19.3 Å². The molecule has 0 aromatic heterocycles. The Balaban J connectivity index is 2.32. The van der Waals surface area contributed by atoms with Crippen molar-refractivity contribution in [2.75, 3.05) is 40.3 Å². The molecule has 1 heterocycles. The summed E-state index contributed by atoms with van der Waals surface area (Å²) in [5.41, 5.74) is 0. The highest BCUT2D eigenvalue weighted by Gasteiger charge is 2.22. The van der Waals surface area contributed by atoms with Crippen molar-refractivity contribution in [3.8, 4) is 6.07 Å². The molecule has 1 saturated heterocycles. The lowest BCUT2D eigenvalue weighted by molar-refractivity contribution is -0.131. The molecular weight excluding hydrogens is 218 g/mol. The second-order valence-corrected chi connectivity index (χ2v) is 4.46. The first-order chi connectivity index (χ1) is 8.17. The zero-order chi connectivity index (χ0) is 12.7. The maximum atomic E-state index is 11.8. The molecule has 1 fully saturated rings. The summed E-state index contributed by atoms with van der Waals surface area (Å²) in [7, 11) is 3.46. The molecular formula is C12H21N3O2. The number of methoxy groups -OCH3 is 1. The van der Waals surface area contributed by atoms with Gasteiger partial charge in [-0.25, -0.2) is 0 Å². The highest BCUT2D eigenvalue weighted by Crippen LogP contribution is 2.12. The number of likely N-dealkylation sites (N-methyl/N-ethyl adjacent to an activating group) is 1. The second kappa shape index (κ2) is 7.25. The Kier molecular flexibility index (Phi) is 5.95. The summed E-state index contributed by atoms with van der Waals surface area (Å²) in [6.45, 7) is 2.73. The van der Waals surface area contributed by atoms with E-state index in [2.05, 4.69) is 4.90 Å². The van der Waals surface area contributed by atoms with Crippen LogP contribution in [0.2, 0.25) is 0 Å². The molecule has 0 spiro atoms. The average molecular weight is 239 g/mol. The number of hydrogen-bond donors (Lipinski definition) is 0. The Hall–Kier alpha value is -1.12. The number of carbonyl (C=O) groups excluding carboxylic acids is 1. The average Bonchev–Trinajstić information content (AvgIpc) is 2.36. The number of rotatable bonds is 5. The quantitative estimate of drug-likeness (QED) is 0.700. The lowest BCUT2D eigenvalue weighted by Crippen LogP contribution is -2.45. The highest BCUT2D eigenvalue weighted by atomic mass is 16.5. The first-order valence-corrected chi connectivity index (χ1v) is 6.03. The van der Waals surface area contributed by atoms with Gasteiger partial charge in [-0.2, -0.15) is 5.26 Å². The molecule has 1 amide bonds. The van der Waals surface area contributed by atoms with Crippen molar-refractivity contribution in [3.63, 3.8) is 0 Å². The summed E-state index contributed by atoms with van der Waals surface area (Å²) in [5, 5.41) is 8.47. The van der Waals surface area contributed by atoms with Gasteiger partial charge in [0.25, 0.3) is 0 Å². The predicted octanol–water partition coefficient (Wildman–Crippen LogP) is 0.469. The van der Waals surface area contributed by atoms with Crippen molar-refractivity contribution in [2.45, 2.75) is 25.4 Å². The van der Waals surface area contributed by atoms with Gasteiger partial charge in [0.2, 0.25) is 5.91 Å². The van der Waals surface area contributed by atoms with Crippen molar-refractivity contribution in [3.05, 3.63) is 0 Å². The van der Waals surface area contributed by atoms with E-state index >= 15 is 0 Å². The maximum absolute atomic E-state index is 11.8. The van der Waals surface area contributed by atoms with Gasteiger partial charge in [0.15, 0.2) is 0 Å². The minimum absolute atomic E-state index is 0.0806. The van der Waals surface area contributed by atoms with E-state index in [4.69, 9.17) is 10.00 Å². The Labute approximate surface area is 103 Å². The van der Waals surface area contributed by atoms with Crippen molar-refractivity contribution < 1.29 is 9.53 Å². The van der Waals surface area contributed by atoms with Crippen molar-refractivity contribution in [1.82, 2.24) is 9.80 Å². The fourth-order valence-corrected chi connectivity index (χ4v) is 2.00. The number of piperidine rings is 1. The van der Waals surface area contributed by atoms with Crippen LogP contribution in [-0.4, -0.2) is 62.1 Å². The molecule has 0 radical (unpaired) electrons. The van der Waals surface area contributed by atoms with E-state index in [0.29, 0.717) is 19.5 Å². The van der Waals surface area contributed by atoms with Crippen LogP contribution >= 0.6 is 0 Å². The van der Waals surface area contributed by atoms with Crippen LogP contribution in [0.15, 0.2) is 0 Å².